The SMILES string of the molecule is CN(Cc1ccccn1)C(=O)C1=NOC2(CCCN(C(=O)CCS(C)(=O)=O)C2)C1. The molecule has 0 aliphatic carbocycles. The number of sulfone groups is 1. The third-order valence-electron chi connectivity index (χ3n) is 5.14. The Labute approximate surface area is 170 Å². The summed E-state index contributed by atoms with van der Waals surface area (Å²) in [6.45, 7) is 1.22. The summed E-state index contributed by atoms with van der Waals surface area (Å²) in [7, 11) is -1.51. The summed E-state index contributed by atoms with van der Waals surface area (Å²) in [6.07, 6.45) is 4.47. The first-order valence-electron chi connectivity index (χ1n) is 9.53. The number of rotatable bonds is 6. The minimum atomic E-state index is -3.20. The summed E-state index contributed by atoms with van der Waals surface area (Å²) in [6, 6.07) is 5.53. The molecule has 1 unspecified atom stereocenters. The number of carbonyl (C=O) groups is 2. The van der Waals surface area contributed by atoms with Crippen LogP contribution in [0.25, 0.3) is 0 Å². The lowest BCUT2D eigenvalue weighted by atomic mass is 9.88. The first-order chi connectivity index (χ1) is 13.7. The quantitative estimate of drug-likeness (QED) is 0.665. The molecular weight excluding hydrogens is 396 g/mol. The molecule has 1 saturated heterocycles. The summed E-state index contributed by atoms with van der Waals surface area (Å²) >= 11 is 0. The van der Waals surface area contributed by atoms with Gasteiger partial charge in [0.2, 0.25) is 5.91 Å². The molecule has 0 saturated carbocycles. The molecule has 0 aromatic carbocycles. The largest absolute Gasteiger partial charge is 0.386 e. The average Bonchev–Trinajstić information content (AvgIpc) is 3.08. The fourth-order valence-electron chi connectivity index (χ4n) is 3.62. The predicted octanol–water partition coefficient (Wildman–Crippen LogP) is 0.612. The van der Waals surface area contributed by atoms with Crippen LogP contribution in [0, 0.1) is 0 Å². The number of amides is 2. The summed E-state index contributed by atoms with van der Waals surface area (Å²) in [4.78, 5) is 38.2. The van der Waals surface area contributed by atoms with Gasteiger partial charge in [-0.05, 0) is 25.0 Å². The molecule has 158 valence electrons. The van der Waals surface area contributed by atoms with Crippen molar-refractivity contribution in [1.29, 1.82) is 0 Å². The highest BCUT2D eigenvalue weighted by Gasteiger charge is 2.46. The molecule has 3 heterocycles. The van der Waals surface area contributed by atoms with E-state index in [1.807, 2.05) is 18.2 Å². The number of carbonyl (C=O) groups excluding carboxylic acids is 2. The Kier molecular flexibility index (Phi) is 6.21. The molecule has 1 aromatic heterocycles. The Morgan fingerprint density at radius 1 is 1.34 bits per heavy atom. The van der Waals surface area contributed by atoms with Crippen LogP contribution < -0.4 is 0 Å². The Morgan fingerprint density at radius 2 is 2.14 bits per heavy atom. The van der Waals surface area contributed by atoms with E-state index in [0.29, 0.717) is 44.6 Å². The van der Waals surface area contributed by atoms with Gasteiger partial charge >= 0.3 is 0 Å². The molecule has 1 fully saturated rings. The zero-order valence-corrected chi connectivity index (χ0v) is 17.5. The monoisotopic (exact) mass is 422 g/mol. The maximum atomic E-state index is 12.7. The van der Waals surface area contributed by atoms with E-state index >= 15 is 0 Å². The van der Waals surface area contributed by atoms with Crippen molar-refractivity contribution < 1.29 is 22.8 Å². The topological polar surface area (TPSA) is 109 Å². The van der Waals surface area contributed by atoms with Crippen LogP contribution in [0.2, 0.25) is 0 Å². The number of piperidine rings is 1. The molecule has 3 rings (SSSR count). The second-order valence-electron chi connectivity index (χ2n) is 7.77. The highest BCUT2D eigenvalue weighted by atomic mass is 32.2. The lowest BCUT2D eigenvalue weighted by Crippen LogP contribution is -2.51. The van der Waals surface area contributed by atoms with E-state index < -0.39 is 15.4 Å². The maximum Gasteiger partial charge on any atom is 0.271 e. The minimum Gasteiger partial charge on any atom is -0.386 e. The van der Waals surface area contributed by atoms with Crippen LogP contribution in [0.5, 0.6) is 0 Å². The molecule has 10 heteroatoms. The normalized spacial score (nSPS) is 21.6. The molecule has 9 nitrogen and oxygen atoms in total. The fraction of sp³-hybridized carbons (Fsp3) is 0.579. The predicted molar refractivity (Wildman–Crippen MR) is 107 cm³/mol. The fourth-order valence-corrected chi connectivity index (χ4v) is 4.17. The van der Waals surface area contributed by atoms with E-state index in [0.717, 1.165) is 11.9 Å². The molecule has 0 bridgehead atoms. The minimum absolute atomic E-state index is 0.0473. The van der Waals surface area contributed by atoms with E-state index in [-0.39, 0.29) is 24.0 Å². The van der Waals surface area contributed by atoms with Crippen LogP contribution in [-0.2, 0) is 30.8 Å². The Bertz CT molecular complexity index is 902. The highest BCUT2D eigenvalue weighted by molar-refractivity contribution is 7.90. The number of hydrogen-bond donors (Lipinski definition) is 0. The summed E-state index contributed by atoms with van der Waals surface area (Å²) in [5.74, 6) is -0.618. The van der Waals surface area contributed by atoms with Gasteiger partial charge in [0, 0.05) is 38.9 Å². The van der Waals surface area contributed by atoms with Crippen LogP contribution in [0.4, 0.5) is 0 Å². The summed E-state index contributed by atoms with van der Waals surface area (Å²) in [5.41, 5.74) is 0.391. The number of oxime groups is 1. The van der Waals surface area contributed by atoms with E-state index in [9.17, 15) is 18.0 Å². The van der Waals surface area contributed by atoms with Crippen LogP contribution >= 0.6 is 0 Å². The molecule has 1 aromatic rings. The van der Waals surface area contributed by atoms with Gasteiger partial charge in [0.05, 0.1) is 24.5 Å². The Balaban J connectivity index is 1.57. The van der Waals surface area contributed by atoms with E-state index in [1.54, 1.807) is 23.0 Å². The van der Waals surface area contributed by atoms with Crippen LogP contribution in [0.15, 0.2) is 29.6 Å². The molecular formula is C19H26N4O5S. The van der Waals surface area contributed by atoms with E-state index in [4.69, 9.17) is 4.84 Å². The van der Waals surface area contributed by atoms with Crippen LogP contribution in [0.3, 0.4) is 0 Å². The highest BCUT2D eigenvalue weighted by Crippen LogP contribution is 2.34. The Hall–Kier alpha value is -2.49. The van der Waals surface area contributed by atoms with Gasteiger partial charge in [0.25, 0.3) is 5.91 Å². The van der Waals surface area contributed by atoms with Gasteiger partial charge in [0.1, 0.15) is 15.5 Å². The molecule has 2 aliphatic rings. The second-order valence-corrected chi connectivity index (χ2v) is 10.0. The standard InChI is InChI=1S/C19H26N4O5S/c1-22(13-15-6-3-4-9-20-15)18(25)16-12-19(28-21-16)8-5-10-23(14-19)17(24)7-11-29(2,26)27/h3-4,6,9H,5,7-8,10-14H2,1-2H3. The summed E-state index contributed by atoms with van der Waals surface area (Å²) < 4.78 is 22.6. The molecule has 0 radical (unpaired) electrons. The zero-order chi connectivity index (χ0) is 21.1. The van der Waals surface area contributed by atoms with Crippen molar-refractivity contribution >= 4 is 27.4 Å². The van der Waals surface area contributed by atoms with Gasteiger partial charge in [-0.15, -0.1) is 0 Å². The average molecular weight is 423 g/mol. The molecule has 2 aliphatic heterocycles. The van der Waals surface area contributed by atoms with Crippen molar-refractivity contribution in [2.45, 2.75) is 37.8 Å². The summed E-state index contributed by atoms with van der Waals surface area (Å²) in [5, 5.41) is 4.03. The molecule has 0 N–H and O–H groups in total. The number of aromatic nitrogens is 1. The van der Waals surface area contributed by atoms with E-state index in [2.05, 4.69) is 10.1 Å². The third kappa shape index (κ3) is 5.53. The molecule has 1 spiro atoms. The van der Waals surface area contributed by atoms with E-state index in [1.165, 1.54) is 0 Å². The van der Waals surface area contributed by atoms with Gasteiger partial charge in [-0.25, -0.2) is 8.42 Å². The van der Waals surface area contributed by atoms with Gasteiger partial charge < -0.3 is 14.6 Å². The smallest absolute Gasteiger partial charge is 0.271 e. The Morgan fingerprint density at radius 3 is 2.83 bits per heavy atom. The van der Waals surface area contributed by atoms with Crippen LogP contribution in [0.1, 0.15) is 31.4 Å². The van der Waals surface area contributed by atoms with Crippen molar-refractivity contribution in [3.63, 3.8) is 0 Å². The van der Waals surface area contributed by atoms with Gasteiger partial charge in [-0.1, -0.05) is 11.2 Å². The molecule has 29 heavy (non-hydrogen) atoms. The lowest BCUT2D eigenvalue weighted by Gasteiger charge is -2.38. The maximum absolute atomic E-state index is 12.7. The van der Waals surface area contributed by atoms with Crippen molar-refractivity contribution in [2.24, 2.45) is 5.16 Å². The molecule has 2 amide bonds. The van der Waals surface area contributed by atoms with Crippen molar-refractivity contribution in [3.05, 3.63) is 30.1 Å². The van der Waals surface area contributed by atoms with Crippen molar-refractivity contribution in [1.82, 2.24) is 14.8 Å². The van der Waals surface area contributed by atoms with Gasteiger partial charge in [-0.2, -0.15) is 0 Å². The first-order valence-corrected chi connectivity index (χ1v) is 11.6. The third-order valence-corrected chi connectivity index (χ3v) is 6.08. The second kappa shape index (κ2) is 8.48. The van der Waals surface area contributed by atoms with Crippen molar-refractivity contribution in [2.75, 3.05) is 32.1 Å². The first kappa shape index (κ1) is 21.2. The van der Waals surface area contributed by atoms with Crippen molar-refractivity contribution in [3.8, 4) is 0 Å². The zero-order valence-electron chi connectivity index (χ0n) is 16.7. The molecule has 1 atom stereocenters. The number of likely N-dealkylation sites (tertiary alicyclic amines) is 1. The van der Waals surface area contributed by atoms with Gasteiger partial charge in [0.15, 0.2) is 5.60 Å². The number of nitrogens with zero attached hydrogens (tertiary/aromatic N) is 4. The lowest BCUT2D eigenvalue weighted by molar-refractivity contribution is -0.140. The van der Waals surface area contributed by atoms with Gasteiger partial charge in [-0.3, -0.25) is 14.6 Å². The number of hydrogen-bond acceptors (Lipinski definition) is 7. The van der Waals surface area contributed by atoms with Crippen LogP contribution in [-0.4, -0.2) is 78.5 Å². The number of pyridine rings is 1.